The summed E-state index contributed by atoms with van der Waals surface area (Å²) < 4.78 is 28.9. The fourth-order valence-corrected chi connectivity index (χ4v) is 5.40. The first-order chi connectivity index (χ1) is 10.0. The number of rotatable bonds is 3. The van der Waals surface area contributed by atoms with Gasteiger partial charge in [-0.1, -0.05) is 37.3 Å². The molecule has 0 unspecified atom stereocenters. The zero-order chi connectivity index (χ0) is 14.9. The summed E-state index contributed by atoms with van der Waals surface area (Å²) in [5.41, 5.74) is 1.16. The molecule has 116 valence electrons. The number of nitrogens with zero attached hydrogens (tertiary/aromatic N) is 2. The summed E-state index contributed by atoms with van der Waals surface area (Å²) in [5, 5.41) is 0. The second-order valence-electron chi connectivity index (χ2n) is 6.48. The first-order valence-corrected chi connectivity index (χ1v) is 9.23. The molecule has 0 radical (unpaired) electrons. The molecule has 1 aromatic rings. The molecule has 0 aliphatic carbocycles. The number of hydrogen-bond acceptors (Lipinski definition) is 2. The Morgan fingerprint density at radius 3 is 2.24 bits per heavy atom. The van der Waals surface area contributed by atoms with E-state index in [1.54, 1.807) is 8.61 Å². The molecule has 2 aliphatic rings. The molecule has 0 N–H and O–H groups in total. The summed E-state index contributed by atoms with van der Waals surface area (Å²) in [6.07, 6.45) is 3.95. The molecular weight excluding hydrogens is 284 g/mol. The molecule has 3 rings (SSSR count). The lowest BCUT2D eigenvalue weighted by atomic mass is 9.77. The van der Waals surface area contributed by atoms with Crippen LogP contribution >= 0.6 is 0 Å². The maximum atomic E-state index is 12.8. The SMILES string of the molecule is C[C@]1(c2ccccc2)CCCN(S(=O)(=O)N2CCCC2)C1. The molecule has 2 saturated heterocycles. The van der Waals surface area contributed by atoms with Crippen LogP contribution < -0.4 is 0 Å². The van der Waals surface area contributed by atoms with Gasteiger partial charge in [0.1, 0.15) is 0 Å². The quantitative estimate of drug-likeness (QED) is 0.860. The molecule has 2 fully saturated rings. The Morgan fingerprint density at radius 1 is 0.952 bits per heavy atom. The van der Waals surface area contributed by atoms with E-state index >= 15 is 0 Å². The molecule has 5 heteroatoms. The van der Waals surface area contributed by atoms with Crippen LogP contribution in [0.3, 0.4) is 0 Å². The largest absolute Gasteiger partial charge is 0.282 e. The van der Waals surface area contributed by atoms with Crippen molar-refractivity contribution in [1.82, 2.24) is 8.61 Å². The second kappa shape index (κ2) is 5.71. The van der Waals surface area contributed by atoms with Crippen molar-refractivity contribution in [2.24, 2.45) is 0 Å². The minimum absolute atomic E-state index is 0.0771. The molecule has 1 aromatic carbocycles. The predicted molar refractivity (Wildman–Crippen MR) is 84.3 cm³/mol. The summed E-state index contributed by atoms with van der Waals surface area (Å²) >= 11 is 0. The van der Waals surface area contributed by atoms with Crippen molar-refractivity contribution < 1.29 is 8.42 Å². The van der Waals surface area contributed by atoms with E-state index in [0.717, 1.165) is 25.7 Å². The monoisotopic (exact) mass is 308 g/mol. The third-order valence-corrected chi connectivity index (χ3v) is 6.83. The molecule has 0 amide bonds. The fraction of sp³-hybridized carbons (Fsp3) is 0.625. The van der Waals surface area contributed by atoms with E-state index in [-0.39, 0.29) is 5.41 Å². The van der Waals surface area contributed by atoms with Gasteiger partial charge in [-0.2, -0.15) is 17.0 Å². The zero-order valence-corrected chi connectivity index (χ0v) is 13.5. The van der Waals surface area contributed by atoms with Crippen LogP contribution in [0.2, 0.25) is 0 Å². The molecule has 0 saturated carbocycles. The van der Waals surface area contributed by atoms with Crippen molar-refractivity contribution in [3.05, 3.63) is 35.9 Å². The Labute approximate surface area is 127 Å². The van der Waals surface area contributed by atoms with E-state index in [2.05, 4.69) is 19.1 Å². The van der Waals surface area contributed by atoms with Gasteiger partial charge in [0.2, 0.25) is 0 Å². The van der Waals surface area contributed by atoms with Gasteiger partial charge in [0.25, 0.3) is 10.2 Å². The summed E-state index contributed by atoms with van der Waals surface area (Å²) in [6.45, 7) is 4.80. The minimum Gasteiger partial charge on any atom is -0.195 e. The smallest absolute Gasteiger partial charge is 0.195 e. The molecular formula is C16H24N2O2S. The van der Waals surface area contributed by atoms with Crippen LogP contribution in [0.5, 0.6) is 0 Å². The highest BCUT2D eigenvalue weighted by molar-refractivity contribution is 7.86. The van der Waals surface area contributed by atoms with E-state index in [4.69, 9.17) is 0 Å². The molecule has 0 spiro atoms. The average molecular weight is 308 g/mol. The van der Waals surface area contributed by atoms with Gasteiger partial charge in [-0.25, -0.2) is 0 Å². The third-order valence-electron chi connectivity index (χ3n) is 4.85. The van der Waals surface area contributed by atoms with Crippen LogP contribution in [0.1, 0.15) is 38.2 Å². The van der Waals surface area contributed by atoms with Crippen molar-refractivity contribution in [3.63, 3.8) is 0 Å². The van der Waals surface area contributed by atoms with Crippen LogP contribution in [0.4, 0.5) is 0 Å². The predicted octanol–water partition coefficient (Wildman–Crippen LogP) is 2.38. The van der Waals surface area contributed by atoms with Crippen LogP contribution in [0, 0.1) is 0 Å². The summed E-state index contributed by atoms with van der Waals surface area (Å²) in [4.78, 5) is 0. The molecule has 0 bridgehead atoms. The lowest BCUT2D eigenvalue weighted by Gasteiger charge is -2.41. The minimum atomic E-state index is -3.27. The number of benzene rings is 1. The van der Waals surface area contributed by atoms with Gasteiger partial charge in [-0.15, -0.1) is 0 Å². The third kappa shape index (κ3) is 2.87. The molecule has 21 heavy (non-hydrogen) atoms. The van der Waals surface area contributed by atoms with E-state index in [1.165, 1.54) is 5.56 Å². The first kappa shape index (κ1) is 15.0. The zero-order valence-electron chi connectivity index (χ0n) is 12.7. The number of hydrogen-bond donors (Lipinski definition) is 0. The second-order valence-corrected chi connectivity index (χ2v) is 8.41. The van der Waals surface area contributed by atoms with Crippen molar-refractivity contribution in [3.8, 4) is 0 Å². The van der Waals surface area contributed by atoms with Gasteiger partial charge in [-0.3, -0.25) is 0 Å². The Morgan fingerprint density at radius 2 is 1.57 bits per heavy atom. The van der Waals surface area contributed by atoms with Gasteiger partial charge < -0.3 is 0 Å². The Bertz CT molecular complexity index is 582. The van der Waals surface area contributed by atoms with Crippen LogP contribution in [-0.4, -0.2) is 43.2 Å². The lowest BCUT2D eigenvalue weighted by molar-refractivity contribution is 0.228. The molecule has 2 aliphatic heterocycles. The maximum Gasteiger partial charge on any atom is 0.282 e. The van der Waals surface area contributed by atoms with Crippen LogP contribution in [0.25, 0.3) is 0 Å². The van der Waals surface area contributed by atoms with E-state index in [9.17, 15) is 8.42 Å². The highest BCUT2D eigenvalue weighted by Crippen LogP contribution is 2.35. The Hall–Kier alpha value is -0.910. The lowest BCUT2D eigenvalue weighted by Crippen LogP contribution is -2.51. The average Bonchev–Trinajstić information content (AvgIpc) is 3.03. The summed E-state index contributed by atoms with van der Waals surface area (Å²) in [5.74, 6) is 0. The van der Waals surface area contributed by atoms with E-state index in [0.29, 0.717) is 26.2 Å². The Balaban J connectivity index is 1.83. The van der Waals surface area contributed by atoms with Gasteiger partial charge in [0.15, 0.2) is 0 Å². The Kier molecular flexibility index (Phi) is 4.08. The van der Waals surface area contributed by atoms with Crippen molar-refractivity contribution in [1.29, 1.82) is 0 Å². The van der Waals surface area contributed by atoms with Crippen molar-refractivity contribution in [2.45, 2.75) is 38.0 Å². The van der Waals surface area contributed by atoms with Crippen molar-refractivity contribution in [2.75, 3.05) is 26.2 Å². The molecule has 2 heterocycles. The van der Waals surface area contributed by atoms with Crippen LogP contribution in [0.15, 0.2) is 30.3 Å². The van der Waals surface area contributed by atoms with E-state index in [1.807, 2.05) is 18.2 Å². The normalized spacial score (nSPS) is 28.8. The fourth-order valence-electron chi connectivity index (χ4n) is 3.55. The van der Waals surface area contributed by atoms with Gasteiger partial charge in [-0.05, 0) is 31.2 Å². The maximum absolute atomic E-state index is 12.8. The summed E-state index contributed by atoms with van der Waals surface area (Å²) in [6, 6.07) is 10.3. The van der Waals surface area contributed by atoms with Gasteiger partial charge >= 0.3 is 0 Å². The van der Waals surface area contributed by atoms with Crippen molar-refractivity contribution >= 4 is 10.2 Å². The molecule has 4 nitrogen and oxygen atoms in total. The molecule has 0 aromatic heterocycles. The van der Waals surface area contributed by atoms with Gasteiger partial charge in [0.05, 0.1) is 0 Å². The van der Waals surface area contributed by atoms with E-state index < -0.39 is 10.2 Å². The van der Waals surface area contributed by atoms with Gasteiger partial charge in [0, 0.05) is 31.6 Å². The summed E-state index contributed by atoms with van der Waals surface area (Å²) in [7, 11) is -3.27. The topological polar surface area (TPSA) is 40.6 Å². The number of piperidine rings is 1. The highest BCUT2D eigenvalue weighted by atomic mass is 32.2. The molecule has 1 atom stereocenters. The highest BCUT2D eigenvalue weighted by Gasteiger charge is 2.40. The standard InChI is InChI=1S/C16H24N2O2S/c1-16(15-8-3-2-4-9-15)10-7-13-18(14-16)21(19,20)17-11-5-6-12-17/h2-4,8-9H,5-7,10-14H2,1H3/t16-/m0/s1. The van der Waals surface area contributed by atoms with Crippen LogP contribution in [-0.2, 0) is 15.6 Å². The first-order valence-electron chi connectivity index (χ1n) is 7.83.